The summed E-state index contributed by atoms with van der Waals surface area (Å²) < 4.78 is 50.2. The van der Waals surface area contributed by atoms with Crippen molar-refractivity contribution in [2.75, 3.05) is 42.2 Å². The average Bonchev–Trinajstić information content (AvgIpc) is 3.06. The molecule has 6 atom stereocenters. The van der Waals surface area contributed by atoms with E-state index in [9.17, 15) is 34.8 Å². The first-order valence-electron chi connectivity index (χ1n) is 14.7. The molecule has 0 amide bonds. The molecule has 3 aromatic rings. The van der Waals surface area contributed by atoms with E-state index in [1.165, 1.54) is 35.5 Å². The number of carboxylic acid groups (broad SMARTS) is 1. The summed E-state index contributed by atoms with van der Waals surface area (Å²) in [7, 11) is 6.72. The van der Waals surface area contributed by atoms with Gasteiger partial charge in [0.2, 0.25) is 34.7 Å². The number of aliphatic carboxylic acids is 1. The van der Waals surface area contributed by atoms with Crippen LogP contribution in [-0.2, 0) is 19.1 Å². The summed E-state index contributed by atoms with van der Waals surface area (Å²) in [6.07, 6.45) is -10.5. The first-order valence-corrected chi connectivity index (χ1v) is 14.7. The summed E-state index contributed by atoms with van der Waals surface area (Å²) in [6.45, 7) is 0.413. The molecule has 49 heavy (non-hydrogen) atoms. The Hall–Kier alpha value is -4.81. The van der Waals surface area contributed by atoms with Gasteiger partial charge in [-0.15, -0.1) is 0 Å². The van der Waals surface area contributed by atoms with Crippen molar-refractivity contribution in [3.05, 3.63) is 34.5 Å². The number of carboxylic acids is 1. The second-order valence-corrected chi connectivity index (χ2v) is 11.2. The number of carbonyl (C=O) groups excluding carboxylic acids is 1. The zero-order valence-electron chi connectivity index (χ0n) is 27.5. The Bertz CT molecular complexity index is 1710. The van der Waals surface area contributed by atoms with E-state index in [0.717, 1.165) is 6.92 Å². The maximum Gasteiger partial charge on any atom is 0.308 e. The number of aliphatic hydroxyl groups excluding tert-OH is 3. The van der Waals surface area contributed by atoms with Gasteiger partial charge in [-0.1, -0.05) is 0 Å². The van der Waals surface area contributed by atoms with Crippen molar-refractivity contribution in [1.82, 2.24) is 0 Å². The second-order valence-electron chi connectivity index (χ2n) is 11.2. The minimum absolute atomic E-state index is 0.0125. The first kappa shape index (κ1) is 37.0. The zero-order valence-corrected chi connectivity index (χ0v) is 27.5. The summed E-state index contributed by atoms with van der Waals surface area (Å²) in [5.74, 6) is -2.72. The number of aliphatic hydroxyl groups is 4. The zero-order chi connectivity index (χ0) is 36.2. The quantitative estimate of drug-likeness (QED) is 0.147. The lowest BCUT2D eigenvalue weighted by Crippen LogP contribution is -2.60. The van der Waals surface area contributed by atoms with Gasteiger partial charge in [0, 0.05) is 5.56 Å². The van der Waals surface area contributed by atoms with Crippen LogP contribution in [0, 0.1) is 0 Å². The van der Waals surface area contributed by atoms with Gasteiger partial charge in [0.05, 0.1) is 54.0 Å². The number of hydrogen-bond donors (Lipinski definition) is 5. The van der Waals surface area contributed by atoms with Crippen LogP contribution in [0.2, 0.25) is 0 Å². The molecule has 17 nitrogen and oxygen atoms in total. The van der Waals surface area contributed by atoms with Crippen LogP contribution in [-0.4, -0.2) is 116 Å². The van der Waals surface area contributed by atoms with Gasteiger partial charge < -0.3 is 67.8 Å². The Labute approximate surface area is 279 Å². The molecule has 1 unspecified atom stereocenters. The molecule has 5 N–H and O–H groups in total. The van der Waals surface area contributed by atoms with E-state index >= 15 is 0 Å². The smallest absolute Gasteiger partial charge is 0.308 e. The Morgan fingerprint density at radius 1 is 0.796 bits per heavy atom. The maximum atomic E-state index is 14.4. The van der Waals surface area contributed by atoms with Crippen molar-refractivity contribution in [2.24, 2.45) is 0 Å². The van der Waals surface area contributed by atoms with Crippen LogP contribution in [0.25, 0.3) is 22.3 Å². The maximum absolute atomic E-state index is 14.4. The lowest BCUT2D eigenvalue weighted by atomic mass is 9.98. The molecule has 4 rings (SSSR count). The Balaban J connectivity index is 1.80. The third kappa shape index (κ3) is 7.60. The largest absolute Gasteiger partial charge is 0.497 e. The number of carbonyl (C=O) groups is 2. The normalized spacial score (nSPS) is 21.7. The molecular weight excluding hydrogens is 656 g/mol. The molecule has 0 aliphatic carbocycles. The van der Waals surface area contributed by atoms with Gasteiger partial charge in [-0.05, 0) is 31.2 Å². The first-order chi connectivity index (χ1) is 23.2. The highest BCUT2D eigenvalue weighted by molar-refractivity contribution is 5.97. The van der Waals surface area contributed by atoms with Crippen molar-refractivity contribution in [1.29, 1.82) is 0 Å². The number of fused-ring (bicyclic) bond motifs is 1. The van der Waals surface area contributed by atoms with Crippen molar-refractivity contribution in [3.63, 3.8) is 0 Å². The van der Waals surface area contributed by atoms with E-state index in [1.54, 1.807) is 24.3 Å². The molecule has 1 aliphatic rings. The SMILES string of the molecule is COc1ccc(-c2oc3c(OC)c(OC)c(OC)c(OC)c3c(=O)c2O[C@@H]2O[C@H](COC(=O)CC(C)(O)CC(=O)O)[C@@H](O)[C@H](O)[C@H]2O)cc1. The molecule has 2 aromatic carbocycles. The monoisotopic (exact) mass is 694 g/mol. The van der Waals surface area contributed by atoms with E-state index in [4.69, 9.17) is 47.4 Å². The van der Waals surface area contributed by atoms with E-state index in [1.807, 2.05) is 0 Å². The van der Waals surface area contributed by atoms with Crippen LogP contribution in [0.15, 0.2) is 33.5 Å². The number of ether oxygens (including phenoxy) is 8. The third-order valence-electron chi connectivity index (χ3n) is 7.66. The number of esters is 1. The van der Waals surface area contributed by atoms with E-state index < -0.39 is 78.9 Å². The highest BCUT2D eigenvalue weighted by atomic mass is 16.7. The fourth-order valence-corrected chi connectivity index (χ4v) is 5.29. The third-order valence-corrected chi connectivity index (χ3v) is 7.66. The lowest BCUT2D eigenvalue weighted by molar-refractivity contribution is -0.278. The molecular formula is C32H38O17. The molecule has 0 bridgehead atoms. The summed E-state index contributed by atoms with van der Waals surface area (Å²) in [6, 6.07) is 6.27. The molecule has 1 saturated heterocycles. The number of rotatable bonds is 14. The Morgan fingerprint density at radius 2 is 1.39 bits per heavy atom. The molecule has 17 heteroatoms. The van der Waals surface area contributed by atoms with Gasteiger partial charge >= 0.3 is 11.9 Å². The summed E-state index contributed by atoms with van der Waals surface area (Å²) >= 11 is 0. The van der Waals surface area contributed by atoms with Crippen LogP contribution in [0.1, 0.15) is 19.8 Å². The predicted molar refractivity (Wildman–Crippen MR) is 166 cm³/mol. The van der Waals surface area contributed by atoms with Gasteiger partial charge in [0.25, 0.3) is 0 Å². The minimum atomic E-state index is -1.95. The summed E-state index contributed by atoms with van der Waals surface area (Å²) in [5.41, 5.74) is -2.63. The van der Waals surface area contributed by atoms with Crippen LogP contribution in [0.5, 0.6) is 34.5 Å². The fourth-order valence-electron chi connectivity index (χ4n) is 5.29. The highest BCUT2D eigenvalue weighted by Crippen LogP contribution is 2.51. The number of methoxy groups -OCH3 is 5. The molecule has 1 aliphatic heterocycles. The number of hydrogen-bond acceptors (Lipinski definition) is 16. The van der Waals surface area contributed by atoms with Gasteiger partial charge in [0.1, 0.15) is 42.2 Å². The predicted octanol–water partition coefficient (Wildman–Crippen LogP) is 0.848. The van der Waals surface area contributed by atoms with Crippen molar-refractivity contribution in [2.45, 2.75) is 56.1 Å². The van der Waals surface area contributed by atoms with Gasteiger partial charge in [-0.3, -0.25) is 14.4 Å². The van der Waals surface area contributed by atoms with Crippen molar-refractivity contribution in [3.8, 4) is 45.8 Å². The van der Waals surface area contributed by atoms with E-state index in [2.05, 4.69) is 0 Å². The topological polar surface area (TPSA) is 239 Å². The fraction of sp³-hybridized carbons (Fsp3) is 0.469. The molecule has 0 spiro atoms. The van der Waals surface area contributed by atoms with Crippen LogP contribution >= 0.6 is 0 Å². The Kier molecular flexibility index (Phi) is 11.5. The van der Waals surface area contributed by atoms with Crippen LogP contribution in [0.3, 0.4) is 0 Å². The lowest BCUT2D eigenvalue weighted by Gasteiger charge is -2.40. The summed E-state index contributed by atoms with van der Waals surface area (Å²) in [5, 5.41) is 51.1. The second kappa shape index (κ2) is 15.2. The van der Waals surface area contributed by atoms with Crippen LogP contribution < -0.4 is 33.8 Å². The molecule has 1 fully saturated rings. The highest BCUT2D eigenvalue weighted by Gasteiger charge is 2.46. The van der Waals surface area contributed by atoms with Crippen molar-refractivity contribution >= 4 is 22.9 Å². The molecule has 0 radical (unpaired) electrons. The van der Waals surface area contributed by atoms with Crippen molar-refractivity contribution < 1.29 is 77.4 Å². The van der Waals surface area contributed by atoms with Gasteiger partial charge in [0.15, 0.2) is 17.1 Å². The molecule has 1 aromatic heterocycles. The standard InChI is InChI=1S/C32H38O17/c1-32(40,11-17(33)34)12-18(35)46-13-16-20(36)22(38)23(39)31(47-16)49-27-21(37)19-25(42-3)28(43-4)30(45-6)29(44-5)26(19)48-24(27)14-7-9-15(41-2)10-8-14/h7-10,16,20,22-23,31,36,38-40H,11-13H2,1-6H3,(H,33,34)/t16-,20-,22+,23-,31+,32?/m1/s1. The molecule has 0 saturated carbocycles. The van der Waals surface area contributed by atoms with Gasteiger partial charge in [-0.2, -0.15) is 0 Å². The molecule has 2 heterocycles. The van der Waals surface area contributed by atoms with Crippen LogP contribution in [0.4, 0.5) is 0 Å². The number of benzene rings is 2. The average molecular weight is 695 g/mol. The van der Waals surface area contributed by atoms with Gasteiger partial charge in [-0.25, -0.2) is 0 Å². The minimum Gasteiger partial charge on any atom is -0.497 e. The summed E-state index contributed by atoms with van der Waals surface area (Å²) in [4.78, 5) is 37.7. The van der Waals surface area contributed by atoms with E-state index in [-0.39, 0.29) is 45.3 Å². The molecule has 268 valence electrons. The Morgan fingerprint density at radius 3 is 1.94 bits per heavy atom. The van der Waals surface area contributed by atoms with E-state index in [0.29, 0.717) is 5.75 Å².